The van der Waals surface area contributed by atoms with Crippen molar-refractivity contribution >= 4 is 39.3 Å². The number of anilines is 1. The van der Waals surface area contributed by atoms with Gasteiger partial charge in [-0.15, -0.1) is 5.10 Å². The van der Waals surface area contributed by atoms with Crippen molar-refractivity contribution in [3.63, 3.8) is 0 Å². The molecule has 0 unspecified atom stereocenters. The highest BCUT2D eigenvalue weighted by atomic mass is 79.9. The van der Waals surface area contributed by atoms with Crippen LogP contribution in [0.25, 0.3) is 0 Å². The number of para-hydroxylation sites is 1. The smallest absolute Gasteiger partial charge is 0.255 e. The van der Waals surface area contributed by atoms with E-state index in [0.717, 1.165) is 10.1 Å². The molecule has 1 N–H and O–H groups in total. The Morgan fingerprint density at radius 2 is 1.96 bits per heavy atom. The summed E-state index contributed by atoms with van der Waals surface area (Å²) in [5.74, 6) is -0.678. The van der Waals surface area contributed by atoms with Gasteiger partial charge in [-0.2, -0.15) is 4.98 Å². The van der Waals surface area contributed by atoms with Crippen molar-refractivity contribution in [1.29, 1.82) is 0 Å². The van der Waals surface area contributed by atoms with Crippen LogP contribution < -0.4 is 5.32 Å². The second-order valence-electron chi connectivity index (χ2n) is 5.04. The van der Waals surface area contributed by atoms with Gasteiger partial charge in [-0.05, 0) is 71.0 Å². The summed E-state index contributed by atoms with van der Waals surface area (Å²) in [5.41, 5.74) is 1.05. The molecule has 0 spiro atoms. The molecule has 0 radical (unpaired) electrons. The van der Waals surface area contributed by atoms with Crippen LogP contribution in [0.5, 0.6) is 0 Å². The average Bonchev–Trinajstić information content (AvgIpc) is 2.96. The van der Waals surface area contributed by atoms with Crippen LogP contribution in [-0.2, 0) is 6.54 Å². The fourth-order valence-corrected chi connectivity index (χ4v) is 3.59. The number of rotatable bonds is 5. The van der Waals surface area contributed by atoms with Gasteiger partial charge in [-0.1, -0.05) is 12.1 Å². The standard InChI is InChI=1S/C17H14BrFN4OS/c1-2-23-17(21-16(18)22-23)25-14-6-4-3-5-13(14)20-15(24)11-7-9-12(19)10-8-11/h3-10H,2H2,1H3,(H,20,24). The summed E-state index contributed by atoms with van der Waals surface area (Å²) in [6, 6.07) is 12.9. The van der Waals surface area contributed by atoms with Crippen LogP contribution in [0, 0.1) is 5.82 Å². The Morgan fingerprint density at radius 3 is 2.68 bits per heavy atom. The molecule has 0 aliphatic rings. The summed E-state index contributed by atoms with van der Waals surface area (Å²) < 4.78 is 15.3. The van der Waals surface area contributed by atoms with Crippen molar-refractivity contribution in [2.24, 2.45) is 0 Å². The maximum atomic E-state index is 13.0. The Balaban J connectivity index is 1.83. The van der Waals surface area contributed by atoms with Crippen molar-refractivity contribution in [3.8, 4) is 0 Å². The van der Waals surface area contributed by atoms with E-state index in [1.54, 1.807) is 4.68 Å². The van der Waals surface area contributed by atoms with Crippen LogP contribution in [0.4, 0.5) is 10.1 Å². The zero-order chi connectivity index (χ0) is 17.8. The number of benzene rings is 2. The summed E-state index contributed by atoms with van der Waals surface area (Å²) in [5, 5.41) is 7.83. The van der Waals surface area contributed by atoms with Gasteiger partial charge in [0.2, 0.25) is 4.73 Å². The maximum absolute atomic E-state index is 13.0. The molecule has 1 aromatic heterocycles. The number of hydrogen-bond donors (Lipinski definition) is 1. The third-order valence-electron chi connectivity index (χ3n) is 3.35. The molecule has 3 aromatic rings. The molecule has 0 saturated carbocycles. The molecule has 128 valence electrons. The lowest BCUT2D eigenvalue weighted by molar-refractivity contribution is 0.102. The van der Waals surface area contributed by atoms with E-state index in [4.69, 9.17) is 0 Å². The topological polar surface area (TPSA) is 59.8 Å². The maximum Gasteiger partial charge on any atom is 0.255 e. The van der Waals surface area contributed by atoms with Gasteiger partial charge in [-0.3, -0.25) is 4.79 Å². The molecule has 25 heavy (non-hydrogen) atoms. The van der Waals surface area contributed by atoms with E-state index >= 15 is 0 Å². The fourth-order valence-electron chi connectivity index (χ4n) is 2.14. The second-order valence-corrected chi connectivity index (χ2v) is 6.76. The van der Waals surface area contributed by atoms with Crippen molar-refractivity contribution in [2.75, 3.05) is 5.32 Å². The van der Waals surface area contributed by atoms with Crippen molar-refractivity contribution < 1.29 is 9.18 Å². The number of aryl methyl sites for hydroxylation is 1. The van der Waals surface area contributed by atoms with E-state index in [0.29, 0.717) is 22.5 Å². The van der Waals surface area contributed by atoms with Gasteiger partial charge in [0.05, 0.1) is 5.69 Å². The van der Waals surface area contributed by atoms with Gasteiger partial charge < -0.3 is 5.32 Å². The van der Waals surface area contributed by atoms with Gasteiger partial charge in [-0.25, -0.2) is 9.07 Å². The Kier molecular flexibility index (Phi) is 5.50. The molecule has 1 amide bonds. The quantitative estimate of drug-likeness (QED) is 0.654. The van der Waals surface area contributed by atoms with E-state index < -0.39 is 0 Å². The monoisotopic (exact) mass is 420 g/mol. The van der Waals surface area contributed by atoms with Gasteiger partial charge in [0, 0.05) is 17.0 Å². The minimum atomic E-state index is -0.378. The summed E-state index contributed by atoms with van der Waals surface area (Å²) >= 11 is 4.69. The molecule has 0 bridgehead atoms. The number of hydrogen-bond acceptors (Lipinski definition) is 4. The minimum Gasteiger partial charge on any atom is -0.321 e. The third kappa shape index (κ3) is 4.26. The summed E-state index contributed by atoms with van der Waals surface area (Å²) in [7, 11) is 0. The van der Waals surface area contributed by atoms with Gasteiger partial charge in [0.15, 0.2) is 5.16 Å². The first-order valence-corrected chi connectivity index (χ1v) is 9.12. The Bertz CT molecular complexity index is 898. The van der Waals surface area contributed by atoms with E-state index in [1.807, 2.05) is 31.2 Å². The molecule has 0 fully saturated rings. The molecule has 0 atom stereocenters. The molecular formula is C17H14BrFN4OS. The highest BCUT2D eigenvalue weighted by Gasteiger charge is 2.13. The van der Waals surface area contributed by atoms with Crippen molar-refractivity contribution in [2.45, 2.75) is 23.5 Å². The van der Waals surface area contributed by atoms with Crippen molar-refractivity contribution in [1.82, 2.24) is 14.8 Å². The lowest BCUT2D eigenvalue weighted by atomic mass is 10.2. The number of halogens is 2. The number of carbonyl (C=O) groups is 1. The Morgan fingerprint density at radius 1 is 1.24 bits per heavy atom. The van der Waals surface area contributed by atoms with Crippen LogP contribution in [0.3, 0.4) is 0 Å². The fraction of sp³-hybridized carbons (Fsp3) is 0.118. The molecule has 3 rings (SSSR count). The average molecular weight is 421 g/mol. The van der Waals surface area contributed by atoms with E-state index in [9.17, 15) is 9.18 Å². The third-order valence-corrected chi connectivity index (χ3v) is 4.75. The first-order chi connectivity index (χ1) is 12.1. The van der Waals surface area contributed by atoms with Gasteiger partial charge in [0.1, 0.15) is 5.82 Å². The highest BCUT2D eigenvalue weighted by Crippen LogP contribution is 2.33. The Hall–Kier alpha value is -2.19. The second kappa shape index (κ2) is 7.79. The number of amides is 1. The van der Waals surface area contributed by atoms with Crippen LogP contribution >= 0.6 is 27.7 Å². The Labute approximate surface area is 156 Å². The SMILES string of the molecule is CCn1nc(Br)nc1Sc1ccccc1NC(=O)c1ccc(F)cc1. The molecule has 0 aliphatic carbocycles. The zero-order valence-electron chi connectivity index (χ0n) is 13.2. The normalized spacial score (nSPS) is 10.7. The van der Waals surface area contributed by atoms with Crippen LogP contribution in [-0.4, -0.2) is 20.7 Å². The molecule has 0 saturated heterocycles. The lowest BCUT2D eigenvalue weighted by Crippen LogP contribution is -2.12. The van der Waals surface area contributed by atoms with Gasteiger partial charge >= 0.3 is 0 Å². The van der Waals surface area contributed by atoms with Crippen LogP contribution in [0.1, 0.15) is 17.3 Å². The molecule has 5 nitrogen and oxygen atoms in total. The highest BCUT2D eigenvalue weighted by molar-refractivity contribution is 9.10. The zero-order valence-corrected chi connectivity index (χ0v) is 15.6. The molecular weight excluding hydrogens is 407 g/mol. The van der Waals surface area contributed by atoms with Crippen LogP contribution in [0.15, 0.2) is 63.3 Å². The largest absolute Gasteiger partial charge is 0.321 e. The number of carbonyl (C=O) groups excluding carboxylic acids is 1. The van der Waals surface area contributed by atoms with Crippen molar-refractivity contribution in [3.05, 3.63) is 64.6 Å². The lowest BCUT2D eigenvalue weighted by Gasteiger charge is -2.10. The number of aromatic nitrogens is 3. The predicted octanol–water partition coefficient (Wildman–Crippen LogP) is 4.60. The van der Waals surface area contributed by atoms with E-state index in [2.05, 4.69) is 31.3 Å². The van der Waals surface area contributed by atoms with E-state index in [-0.39, 0.29) is 11.7 Å². The summed E-state index contributed by atoms with van der Waals surface area (Å²) in [6.45, 7) is 2.67. The van der Waals surface area contributed by atoms with E-state index in [1.165, 1.54) is 36.0 Å². The summed E-state index contributed by atoms with van der Waals surface area (Å²) in [4.78, 5) is 17.6. The summed E-state index contributed by atoms with van der Waals surface area (Å²) in [6.07, 6.45) is 0. The number of nitrogens with zero attached hydrogens (tertiary/aromatic N) is 3. The predicted molar refractivity (Wildman–Crippen MR) is 98.3 cm³/mol. The van der Waals surface area contributed by atoms with Gasteiger partial charge in [0.25, 0.3) is 5.91 Å². The molecule has 1 heterocycles. The molecule has 8 heteroatoms. The first-order valence-electron chi connectivity index (χ1n) is 7.51. The first kappa shape index (κ1) is 17.6. The molecule has 0 aliphatic heterocycles. The van der Waals surface area contributed by atoms with Crippen LogP contribution in [0.2, 0.25) is 0 Å². The minimum absolute atomic E-state index is 0.300. The molecule has 2 aromatic carbocycles. The number of nitrogens with one attached hydrogen (secondary N) is 1.